The summed E-state index contributed by atoms with van der Waals surface area (Å²) in [6, 6.07) is 7.45. The highest BCUT2D eigenvalue weighted by Crippen LogP contribution is 2.42. The molecule has 9 nitrogen and oxygen atoms in total. The van der Waals surface area contributed by atoms with Crippen LogP contribution in [0.2, 0.25) is 0 Å². The summed E-state index contributed by atoms with van der Waals surface area (Å²) in [5.74, 6) is -0.0918. The van der Waals surface area contributed by atoms with Crippen molar-refractivity contribution in [2.75, 3.05) is 23.8 Å². The Morgan fingerprint density at radius 1 is 1.09 bits per heavy atom. The topological polar surface area (TPSA) is 156 Å². The highest BCUT2D eigenvalue weighted by atomic mass is 32.2. The van der Waals surface area contributed by atoms with Gasteiger partial charge in [-0.05, 0) is 55.7 Å². The minimum Gasteiger partial charge on any atom is -0.493 e. The summed E-state index contributed by atoms with van der Waals surface area (Å²) in [5, 5.41) is -0.760. The quantitative estimate of drug-likeness (QED) is 0.302. The summed E-state index contributed by atoms with van der Waals surface area (Å²) in [6.45, 7) is 5.35. The van der Waals surface area contributed by atoms with Crippen molar-refractivity contribution >= 4 is 27.6 Å². The third-order valence-corrected chi connectivity index (χ3v) is 7.03. The van der Waals surface area contributed by atoms with Crippen LogP contribution in [-0.4, -0.2) is 30.2 Å². The lowest BCUT2D eigenvalue weighted by atomic mass is 9.98. The lowest BCUT2D eigenvalue weighted by Gasteiger charge is -2.20. The zero-order valence-electron chi connectivity index (χ0n) is 19.2. The van der Waals surface area contributed by atoms with Gasteiger partial charge in [-0.15, -0.1) is 0 Å². The van der Waals surface area contributed by atoms with Crippen molar-refractivity contribution < 1.29 is 21.7 Å². The molecule has 0 amide bonds. The number of ether oxygens (including phenoxy) is 1. The van der Waals surface area contributed by atoms with Crippen LogP contribution in [0.4, 0.5) is 21.8 Å². The Morgan fingerprint density at radius 2 is 1.79 bits per heavy atom. The Morgan fingerprint density at radius 3 is 2.41 bits per heavy atom. The number of rotatable bonds is 9. The Balaban J connectivity index is 2.22. The summed E-state index contributed by atoms with van der Waals surface area (Å²) in [6.07, 6.45) is 2.10. The number of benzene rings is 2. The van der Waals surface area contributed by atoms with Gasteiger partial charge in [0.05, 0.1) is 23.1 Å². The molecular formula is C23H28FN5O4S. The van der Waals surface area contributed by atoms with Gasteiger partial charge in [0.1, 0.15) is 17.4 Å². The molecular weight excluding hydrogens is 461 g/mol. The number of aromatic nitrogens is 2. The highest BCUT2D eigenvalue weighted by Gasteiger charge is 2.26. The maximum atomic E-state index is 14.3. The molecule has 3 aromatic rings. The van der Waals surface area contributed by atoms with Gasteiger partial charge in [-0.1, -0.05) is 13.0 Å². The zero-order valence-corrected chi connectivity index (χ0v) is 20.0. The molecule has 1 heterocycles. The van der Waals surface area contributed by atoms with Crippen LogP contribution < -0.4 is 26.1 Å². The van der Waals surface area contributed by atoms with Gasteiger partial charge in [0.15, 0.2) is 5.75 Å². The highest BCUT2D eigenvalue weighted by molar-refractivity contribution is 7.87. The van der Waals surface area contributed by atoms with Crippen LogP contribution in [0.3, 0.4) is 0 Å². The summed E-state index contributed by atoms with van der Waals surface area (Å²) in [5.41, 5.74) is 19.0. The molecule has 0 bridgehead atoms. The number of hydrogen-bond donors (Lipinski definition) is 3. The molecule has 2 aromatic carbocycles. The first-order valence-corrected chi connectivity index (χ1v) is 12.2. The van der Waals surface area contributed by atoms with Gasteiger partial charge < -0.3 is 26.1 Å². The predicted octanol–water partition coefficient (Wildman–Crippen LogP) is 3.53. The minimum atomic E-state index is -3.99. The third-order valence-electron chi connectivity index (χ3n) is 5.30. The number of nitrogens with zero attached hydrogens (tertiary/aromatic N) is 2. The maximum Gasteiger partial charge on any atom is 0.311 e. The van der Waals surface area contributed by atoms with E-state index in [0.29, 0.717) is 28.9 Å². The van der Waals surface area contributed by atoms with E-state index in [-0.39, 0.29) is 41.8 Å². The van der Waals surface area contributed by atoms with E-state index in [1.807, 2.05) is 0 Å². The van der Waals surface area contributed by atoms with Gasteiger partial charge in [0.25, 0.3) is 0 Å². The average molecular weight is 490 g/mol. The summed E-state index contributed by atoms with van der Waals surface area (Å²) >= 11 is 0. The van der Waals surface area contributed by atoms with Gasteiger partial charge in [-0.2, -0.15) is 13.4 Å². The molecule has 0 spiro atoms. The van der Waals surface area contributed by atoms with E-state index in [1.54, 1.807) is 39.0 Å². The Hall–Kier alpha value is -3.60. The lowest BCUT2D eigenvalue weighted by molar-refractivity contribution is 0.340. The SMILES string of the molecule is CCOc1cc(Cc2cnc(N)nc2N)cc(OS(=O)(=O)C(C)CC)c1-c1ccc(N)c(F)c1. The molecule has 1 aromatic heterocycles. The van der Waals surface area contributed by atoms with E-state index in [9.17, 15) is 12.8 Å². The summed E-state index contributed by atoms with van der Waals surface area (Å²) in [7, 11) is -3.99. The first-order chi connectivity index (χ1) is 16.1. The molecule has 0 fully saturated rings. The van der Waals surface area contributed by atoms with Crippen LogP contribution in [0.15, 0.2) is 36.5 Å². The van der Waals surface area contributed by atoms with Crippen LogP contribution in [-0.2, 0) is 16.5 Å². The largest absolute Gasteiger partial charge is 0.493 e. The molecule has 182 valence electrons. The van der Waals surface area contributed by atoms with E-state index in [0.717, 1.165) is 0 Å². The van der Waals surface area contributed by atoms with Crippen molar-refractivity contribution in [2.45, 2.75) is 38.9 Å². The fraction of sp³-hybridized carbons (Fsp3) is 0.304. The zero-order chi connectivity index (χ0) is 25.0. The summed E-state index contributed by atoms with van der Waals surface area (Å²) in [4.78, 5) is 7.93. The van der Waals surface area contributed by atoms with Crippen molar-refractivity contribution in [3.05, 3.63) is 53.5 Å². The molecule has 1 unspecified atom stereocenters. The number of nitrogens with two attached hydrogens (primary N) is 3. The second-order valence-electron chi connectivity index (χ2n) is 7.75. The standard InChI is InChI=1S/C23H28FN5O4S/c1-4-13(3)34(30,31)33-20-10-14(8-16-12-28-23(27)29-22(16)26)9-19(32-5-2)21(20)15-6-7-18(25)17(24)11-15/h6-7,9-13H,4-5,8,25H2,1-3H3,(H4,26,27,28,29). The van der Waals surface area contributed by atoms with E-state index in [4.69, 9.17) is 26.1 Å². The van der Waals surface area contributed by atoms with Gasteiger partial charge >= 0.3 is 10.1 Å². The van der Waals surface area contributed by atoms with Crippen LogP contribution in [0.25, 0.3) is 11.1 Å². The summed E-state index contributed by atoms with van der Waals surface area (Å²) < 4.78 is 51.4. The van der Waals surface area contributed by atoms with Crippen LogP contribution in [0, 0.1) is 5.82 Å². The molecule has 34 heavy (non-hydrogen) atoms. The average Bonchev–Trinajstić information content (AvgIpc) is 2.77. The van der Waals surface area contributed by atoms with Gasteiger partial charge in [-0.3, -0.25) is 0 Å². The van der Waals surface area contributed by atoms with Crippen molar-refractivity contribution in [1.29, 1.82) is 0 Å². The Kier molecular flexibility index (Phi) is 7.45. The molecule has 0 aliphatic rings. The van der Waals surface area contributed by atoms with Gasteiger partial charge in [0.2, 0.25) is 5.95 Å². The molecule has 0 aliphatic carbocycles. The molecule has 3 rings (SSSR count). The van der Waals surface area contributed by atoms with Crippen molar-refractivity contribution in [2.24, 2.45) is 0 Å². The molecule has 0 saturated heterocycles. The predicted molar refractivity (Wildman–Crippen MR) is 130 cm³/mol. The van der Waals surface area contributed by atoms with Crippen LogP contribution in [0.5, 0.6) is 11.5 Å². The van der Waals surface area contributed by atoms with Crippen LogP contribution >= 0.6 is 0 Å². The first kappa shape index (κ1) is 25.0. The van der Waals surface area contributed by atoms with Gasteiger partial charge in [0, 0.05) is 18.2 Å². The Labute approximate surface area is 198 Å². The maximum absolute atomic E-state index is 14.3. The molecule has 1 atom stereocenters. The van der Waals surface area contributed by atoms with Crippen molar-refractivity contribution in [3.8, 4) is 22.6 Å². The van der Waals surface area contributed by atoms with E-state index in [2.05, 4.69) is 9.97 Å². The Bertz CT molecular complexity index is 1300. The number of hydrogen-bond acceptors (Lipinski definition) is 9. The number of halogens is 1. The normalized spacial score (nSPS) is 12.4. The fourth-order valence-electron chi connectivity index (χ4n) is 3.25. The molecule has 0 saturated carbocycles. The molecule has 0 aliphatic heterocycles. The first-order valence-electron chi connectivity index (χ1n) is 10.7. The molecule has 11 heteroatoms. The van der Waals surface area contributed by atoms with Gasteiger partial charge in [-0.25, -0.2) is 9.37 Å². The van der Waals surface area contributed by atoms with E-state index >= 15 is 0 Å². The van der Waals surface area contributed by atoms with Crippen molar-refractivity contribution in [3.63, 3.8) is 0 Å². The fourth-order valence-corrected chi connectivity index (χ4v) is 4.20. The smallest absolute Gasteiger partial charge is 0.311 e. The second kappa shape index (κ2) is 10.1. The molecule has 6 N–H and O–H groups in total. The van der Waals surface area contributed by atoms with Crippen molar-refractivity contribution in [1.82, 2.24) is 9.97 Å². The number of nitrogen functional groups attached to an aromatic ring is 3. The molecule has 0 radical (unpaired) electrons. The van der Waals surface area contributed by atoms with E-state index in [1.165, 1.54) is 18.3 Å². The van der Waals surface area contributed by atoms with Crippen LogP contribution in [0.1, 0.15) is 38.3 Å². The minimum absolute atomic E-state index is 0.000330. The second-order valence-corrected chi connectivity index (χ2v) is 9.70. The van der Waals surface area contributed by atoms with E-state index < -0.39 is 21.2 Å². The number of anilines is 3. The third kappa shape index (κ3) is 5.48. The lowest BCUT2D eigenvalue weighted by Crippen LogP contribution is -2.22. The monoisotopic (exact) mass is 489 g/mol.